The van der Waals surface area contributed by atoms with Crippen LogP contribution in [0.15, 0.2) is 24.4 Å². The number of carbonyl (C=O) groups excluding carboxylic acids is 1. The Morgan fingerprint density at radius 3 is 2.67 bits per heavy atom. The Morgan fingerprint density at radius 1 is 1.38 bits per heavy atom. The van der Waals surface area contributed by atoms with Gasteiger partial charge < -0.3 is 5.11 Å². The molecule has 4 nitrogen and oxygen atoms in total. The van der Waals surface area contributed by atoms with Gasteiger partial charge in [-0.25, -0.2) is 0 Å². The van der Waals surface area contributed by atoms with E-state index in [2.05, 4.69) is 0 Å². The minimum atomic E-state index is -0.903. The molecule has 0 saturated heterocycles. The topological polar surface area (TPSA) is 59.3 Å². The van der Waals surface area contributed by atoms with Crippen molar-refractivity contribution in [3.8, 4) is 0 Å². The number of hydrogen-bond acceptors (Lipinski definition) is 2. The average molecular weight is 306 g/mol. The smallest absolute Gasteiger partial charge is 0.310 e. The van der Waals surface area contributed by atoms with Crippen LogP contribution in [0.5, 0.6) is 0 Å². The van der Waals surface area contributed by atoms with Gasteiger partial charge in [0.15, 0.2) is 0 Å². The zero-order chi connectivity index (χ0) is 15.1. The Morgan fingerprint density at radius 2 is 2.10 bits per heavy atom. The second-order valence-electron chi connectivity index (χ2n) is 5.64. The highest BCUT2D eigenvalue weighted by atomic mass is 35.5. The Balaban J connectivity index is 2.17. The SMILES string of the molecule is CC(C(=O)O)c1cn(C(=O)C2CCC2)c2cc(Cl)ccc12. The molecule has 110 valence electrons. The highest BCUT2D eigenvalue weighted by Crippen LogP contribution is 2.34. The molecule has 1 unspecified atom stereocenters. The maximum atomic E-state index is 12.5. The number of benzene rings is 1. The summed E-state index contributed by atoms with van der Waals surface area (Å²) in [5.74, 6) is -1.48. The van der Waals surface area contributed by atoms with E-state index in [1.807, 2.05) is 0 Å². The lowest BCUT2D eigenvalue weighted by molar-refractivity contribution is -0.138. The number of aromatic nitrogens is 1. The molecule has 0 amide bonds. The number of aliphatic carboxylic acids is 1. The molecular weight excluding hydrogens is 290 g/mol. The van der Waals surface area contributed by atoms with E-state index in [1.165, 1.54) is 0 Å². The number of carbonyl (C=O) groups is 2. The fraction of sp³-hybridized carbons (Fsp3) is 0.375. The van der Waals surface area contributed by atoms with Crippen LogP contribution >= 0.6 is 11.6 Å². The predicted octanol–water partition coefficient (Wildman–Crippen LogP) is 3.92. The van der Waals surface area contributed by atoms with Crippen molar-refractivity contribution in [2.75, 3.05) is 0 Å². The van der Waals surface area contributed by atoms with E-state index in [9.17, 15) is 14.7 Å². The first-order chi connectivity index (χ1) is 9.99. The van der Waals surface area contributed by atoms with Gasteiger partial charge in [-0.2, -0.15) is 0 Å². The van der Waals surface area contributed by atoms with Gasteiger partial charge in [0.2, 0.25) is 5.91 Å². The van der Waals surface area contributed by atoms with Gasteiger partial charge >= 0.3 is 5.97 Å². The molecule has 5 heteroatoms. The molecule has 2 aromatic rings. The number of carboxylic acid groups (broad SMARTS) is 1. The van der Waals surface area contributed by atoms with Crippen molar-refractivity contribution in [3.63, 3.8) is 0 Å². The molecule has 1 heterocycles. The van der Waals surface area contributed by atoms with E-state index >= 15 is 0 Å². The lowest BCUT2D eigenvalue weighted by atomic mass is 9.85. The molecular formula is C16H16ClNO3. The molecule has 1 aliphatic rings. The number of hydrogen-bond donors (Lipinski definition) is 1. The summed E-state index contributed by atoms with van der Waals surface area (Å²) in [5.41, 5.74) is 1.35. The molecule has 0 spiro atoms. The Hall–Kier alpha value is -1.81. The number of carboxylic acids is 1. The van der Waals surface area contributed by atoms with E-state index in [4.69, 9.17) is 11.6 Å². The third-order valence-electron chi connectivity index (χ3n) is 4.33. The van der Waals surface area contributed by atoms with Gasteiger partial charge in [-0.1, -0.05) is 24.1 Å². The molecule has 1 aromatic carbocycles. The van der Waals surface area contributed by atoms with Gasteiger partial charge in [-0.15, -0.1) is 0 Å². The molecule has 1 aromatic heterocycles. The van der Waals surface area contributed by atoms with Crippen LogP contribution < -0.4 is 0 Å². The van der Waals surface area contributed by atoms with E-state index in [-0.39, 0.29) is 11.8 Å². The maximum Gasteiger partial charge on any atom is 0.310 e. The van der Waals surface area contributed by atoms with E-state index < -0.39 is 11.9 Å². The maximum absolute atomic E-state index is 12.5. The van der Waals surface area contributed by atoms with Crippen molar-refractivity contribution >= 4 is 34.4 Å². The molecule has 1 saturated carbocycles. The quantitative estimate of drug-likeness (QED) is 0.935. The van der Waals surface area contributed by atoms with Crippen molar-refractivity contribution in [2.24, 2.45) is 5.92 Å². The van der Waals surface area contributed by atoms with Crippen LogP contribution in [0.4, 0.5) is 0 Å². The molecule has 21 heavy (non-hydrogen) atoms. The van der Waals surface area contributed by atoms with Crippen molar-refractivity contribution < 1.29 is 14.7 Å². The summed E-state index contributed by atoms with van der Waals surface area (Å²) >= 11 is 6.03. The molecule has 0 aliphatic heterocycles. The summed E-state index contributed by atoms with van der Waals surface area (Å²) in [6.07, 6.45) is 4.56. The van der Waals surface area contributed by atoms with Gasteiger partial charge in [0.25, 0.3) is 0 Å². The highest BCUT2D eigenvalue weighted by Gasteiger charge is 2.29. The first-order valence-electron chi connectivity index (χ1n) is 7.06. The lowest BCUT2D eigenvalue weighted by Gasteiger charge is -2.24. The van der Waals surface area contributed by atoms with Crippen LogP contribution in [0.1, 0.15) is 42.5 Å². The van der Waals surface area contributed by atoms with Crippen molar-refractivity contribution in [3.05, 3.63) is 35.0 Å². The standard InChI is InChI=1S/C16H16ClNO3/c1-9(16(20)21)13-8-18(15(19)10-3-2-4-10)14-7-11(17)5-6-12(13)14/h5-10H,2-4H2,1H3,(H,20,21). The number of nitrogens with zero attached hydrogens (tertiary/aromatic N) is 1. The lowest BCUT2D eigenvalue weighted by Crippen LogP contribution is -2.26. The molecule has 1 fully saturated rings. The third kappa shape index (κ3) is 2.33. The third-order valence-corrected chi connectivity index (χ3v) is 4.56. The second-order valence-corrected chi connectivity index (χ2v) is 6.08. The van der Waals surface area contributed by atoms with Gasteiger partial charge in [-0.05, 0) is 37.5 Å². The van der Waals surface area contributed by atoms with E-state index in [0.717, 1.165) is 24.6 Å². The number of fused-ring (bicyclic) bond motifs is 1. The zero-order valence-corrected chi connectivity index (χ0v) is 12.4. The van der Waals surface area contributed by atoms with Crippen molar-refractivity contribution in [1.82, 2.24) is 4.57 Å². The normalized spacial score (nSPS) is 16.7. The van der Waals surface area contributed by atoms with Crippen LogP contribution in [0.3, 0.4) is 0 Å². The number of halogens is 1. The molecule has 3 rings (SSSR count). The summed E-state index contributed by atoms with van der Waals surface area (Å²) in [6.45, 7) is 1.63. The summed E-state index contributed by atoms with van der Waals surface area (Å²) < 4.78 is 1.58. The fourth-order valence-electron chi connectivity index (χ4n) is 2.74. The van der Waals surface area contributed by atoms with Crippen LogP contribution in [-0.2, 0) is 4.79 Å². The predicted molar refractivity (Wildman–Crippen MR) is 81.0 cm³/mol. The summed E-state index contributed by atoms with van der Waals surface area (Å²) in [4.78, 5) is 23.8. The first-order valence-corrected chi connectivity index (χ1v) is 7.44. The molecule has 1 atom stereocenters. The Kier molecular flexibility index (Phi) is 3.49. The highest BCUT2D eigenvalue weighted by molar-refractivity contribution is 6.31. The van der Waals surface area contributed by atoms with Gasteiger partial charge in [0.05, 0.1) is 11.4 Å². The molecule has 0 radical (unpaired) electrons. The Bertz CT molecular complexity index is 730. The van der Waals surface area contributed by atoms with E-state index in [0.29, 0.717) is 16.1 Å². The fourth-order valence-corrected chi connectivity index (χ4v) is 2.91. The van der Waals surface area contributed by atoms with Crippen LogP contribution in [0, 0.1) is 5.92 Å². The molecule has 1 aliphatic carbocycles. The van der Waals surface area contributed by atoms with Crippen LogP contribution in [0.25, 0.3) is 10.9 Å². The minimum absolute atomic E-state index is 0.0392. The summed E-state index contributed by atoms with van der Waals surface area (Å²) in [6, 6.07) is 5.24. The summed E-state index contributed by atoms with van der Waals surface area (Å²) in [7, 11) is 0. The number of rotatable bonds is 3. The van der Waals surface area contributed by atoms with E-state index in [1.54, 1.807) is 35.9 Å². The van der Waals surface area contributed by atoms with Gasteiger partial charge in [0, 0.05) is 22.5 Å². The zero-order valence-electron chi connectivity index (χ0n) is 11.7. The van der Waals surface area contributed by atoms with Gasteiger partial charge in [0.1, 0.15) is 0 Å². The molecule has 0 bridgehead atoms. The largest absolute Gasteiger partial charge is 0.481 e. The van der Waals surface area contributed by atoms with Crippen LogP contribution in [-0.4, -0.2) is 21.6 Å². The monoisotopic (exact) mass is 305 g/mol. The second kappa shape index (κ2) is 5.19. The average Bonchev–Trinajstić information content (AvgIpc) is 2.74. The Labute approximate surface area is 127 Å². The van der Waals surface area contributed by atoms with Crippen molar-refractivity contribution in [1.29, 1.82) is 0 Å². The summed E-state index contributed by atoms with van der Waals surface area (Å²) in [5, 5.41) is 10.6. The van der Waals surface area contributed by atoms with Gasteiger partial charge in [-0.3, -0.25) is 14.2 Å². The minimum Gasteiger partial charge on any atom is -0.481 e. The van der Waals surface area contributed by atoms with Crippen LogP contribution in [0.2, 0.25) is 5.02 Å². The first kappa shape index (κ1) is 14.1. The molecule has 1 N–H and O–H groups in total. The van der Waals surface area contributed by atoms with Crippen molar-refractivity contribution in [2.45, 2.75) is 32.1 Å².